The summed E-state index contributed by atoms with van der Waals surface area (Å²) in [5.41, 5.74) is 3.29. The van der Waals surface area contributed by atoms with E-state index in [-0.39, 0.29) is 0 Å². The van der Waals surface area contributed by atoms with E-state index >= 15 is 0 Å². The average molecular weight is 232 g/mol. The first kappa shape index (κ1) is 11.7. The molecule has 90 valence electrons. The van der Waals surface area contributed by atoms with E-state index in [9.17, 15) is 0 Å². The Morgan fingerprint density at radius 1 is 1.29 bits per heavy atom. The molecule has 0 amide bonds. The topological polar surface area (TPSA) is 47.3 Å². The van der Waals surface area contributed by atoms with Crippen molar-refractivity contribution in [2.75, 3.05) is 7.11 Å². The molecule has 0 aliphatic rings. The van der Waals surface area contributed by atoms with Gasteiger partial charge in [0.2, 0.25) is 0 Å². The fourth-order valence-electron chi connectivity index (χ4n) is 1.71. The first-order chi connectivity index (χ1) is 8.29. The molecular weight excluding hydrogens is 216 g/mol. The molecule has 0 spiro atoms. The van der Waals surface area contributed by atoms with E-state index in [1.807, 2.05) is 19.1 Å². The molecule has 4 nitrogen and oxygen atoms in total. The third kappa shape index (κ3) is 3.07. The largest absolute Gasteiger partial charge is 0.496 e. The number of ether oxygens (including phenoxy) is 1. The number of rotatable bonds is 5. The van der Waals surface area contributed by atoms with Crippen LogP contribution in [0.1, 0.15) is 16.8 Å². The predicted molar refractivity (Wildman–Crippen MR) is 64.8 cm³/mol. The molecule has 0 saturated heterocycles. The molecule has 0 radical (unpaired) electrons. The van der Waals surface area contributed by atoms with Crippen molar-refractivity contribution in [3.8, 4) is 5.75 Å². The maximum absolute atomic E-state index is 5.22. The van der Waals surface area contributed by atoms with E-state index in [1.165, 1.54) is 5.56 Å². The van der Waals surface area contributed by atoms with Crippen LogP contribution in [0.3, 0.4) is 0 Å². The SMILES string of the molecule is COc1ccc(CNCc2ccon2)cc1C. The lowest BCUT2D eigenvalue weighted by molar-refractivity contribution is 0.408. The summed E-state index contributed by atoms with van der Waals surface area (Å²) in [5.74, 6) is 0.922. The van der Waals surface area contributed by atoms with E-state index < -0.39 is 0 Å². The summed E-state index contributed by atoms with van der Waals surface area (Å²) in [4.78, 5) is 0. The zero-order valence-electron chi connectivity index (χ0n) is 10.1. The van der Waals surface area contributed by atoms with Gasteiger partial charge < -0.3 is 14.6 Å². The molecule has 0 aliphatic carbocycles. The summed E-state index contributed by atoms with van der Waals surface area (Å²) in [6, 6.07) is 8.02. The van der Waals surface area contributed by atoms with Crippen LogP contribution in [0.2, 0.25) is 0 Å². The van der Waals surface area contributed by atoms with Crippen LogP contribution in [0.4, 0.5) is 0 Å². The van der Waals surface area contributed by atoms with E-state index in [1.54, 1.807) is 13.4 Å². The average Bonchev–Trinajstić information content (AvgIpc) is 2.82. The minimum Gasteiger partial charge on any atom is -0.496 e. The summed E-state index contributed by atoms with van der Waals surface area (Å²) in [6.07, 6.45) is 1.58. The molecule has 17 heavy (non-hydrogen) atoms. The van der Waals surface area contributed by atoms with Gasteiger partial charge in [-0.2, -0.15) is 0 Å². The van der Waals surface area contributed by atoms with Gasteiger partial charge in [-0.15, -0.1) is 0 Å². The van der Waals surface area contributed by atoms with Crippen molar-refractivity contribution in [2.24, 2.45) is 0 Å². The van der Waals surface area contributed by atoms with Crippen LogP contribution in [0.5, 0.6) is 5.75 Å². The van der Waals surface area contributed by atoms with Gasteiger partial charge in [0.15, 0.2) is 0 Å². The molecule has 2 rings (SSSR count). The quantitative estimate of drug-likeness (QED) is 0.859. The Morgan fingerprint density at radius 2 is 2.18 bits per heavy atom. The molecule has 4 heteroatoms. The molecule has 0 saturated carbocycles. The molecule has 0 bridgehead atoms. The van der Waals surface area contributed by atoms with Crippen molar-refractivity contribution >= 4 is 0 Å². The summed E-state index contributed by atoms with van der Waals surface area (Å²) in [7, 11) is 1.69. The Bertz CT molecular complexity index is 466. The third-order valence-electron chi connectivity index (χ3n) is 2.59. The van der Waals surface area contributed by atoms with Gasteiger partial charge in [0.1, 0.15) is 12.0 Å². The lowest BCUT2D eigenvalue weighted by atomic mass is 10.1. The van der Waals surface area contributed by atoms with Crippen LogP contribution in [0.25, 0.3) is 0 Å². The number of hydrogen-bond donors (Lipinski definition) is 1. The van der Waals surface area contributed by atoms with E-state index in [0.717, 1.165) is 23.6 Å². The van der Waals surface area contributed by atoms with Gasteiger partial charge in [-0.1, -0.05) is 17.3 Å². The molecule has 2 aromatic rings. The molecule has 0 atom stereocenters. The summed E-state index contributed by atoms with van der Waals surface area (Å²) >= 11 is 0. The summed E-state index contributed by atoms with van der Waals surface area (Å²) in [6.45, 7) is 3.55. The van der Waals surface area contributed by atoms with Gasteiger partial charge in [0.25, 0.3) is 0 Å². The van der Waals surface area contributed by atoms with Gasteiger partial charge in [-0.25, -0.2) is 0 Å². The number of methoxy groups -OCH3 is 1. The number of nitrogens with one attached hydrogen (secondary N) is 1. The minimum absolute atomic E-state index is 0.710. The highest BCUT2D eigenvalue weighted by Gasteiger charge is 2.00. The summed E-state index contributed by atoms with van der Waals surface area (Å²) in [5, 5.41) is 7.14. The first-order valence-electron chi connectivity index (χ1n) is 5.53. The van der Waals surface area contributed by atoms with Gasteiger partial charge >= 0.3 is 0 Å². The highest BCUT2D eigenvalue weighted by Crippen LogP contribution is 2.18. The van der Waals surface area contributed by atoms with Crippen molar-refractivity contribution < 1.29 is 9.26 Å². The van der Waals surface area contributed by atoms with Crippen LogP contribution in [-0.4, -0.2) is 12.3 Å². The number of aromatic nitrogens is 1. The van der Waals surface area contributed by atoms with Gasteiger partial charge in [-0.3, -0.25) is 0 Å². The van der Waals surface area contributed by atoms with Crippen molar-refractivity contribution in [3.63, 3.8) is 0 Å². The molecule has 1 aromatic carbocycles. The molecule has 1 heterocycles. The maximum atomic E-state index is 5.22. The van der Waals surface area contributed by atoms with Crippen molar-refractivity contribution in [1.82, 2.24) is 10.5 Å². The molecule has 0 aliphatic heterocycles. The maximum Gasteiger partial charge on any atom is 0.124 e. The van der Waals surface area contributed by atoms with Gasteiger partial charge in [0, 0.05) is 19.2 Å². The van der Waals surface area contributed by atoms with Crippen LogP contribution < -0.4 is 10.1 Å². The van der Waals surface area contributed by atoms with E-state index in [4.69, 9.17) is 9.26 Å². The Morgan fingerprint density at radius 3 is 2.82 bits per heavy atom. The zero-order chi connectivity index (χ0) is 12.1. The van der Waals surface area contributed by atoms with Crippen LogP contribution in [0, 0.1) is 6.92 Å². The van der Waals surface area contributed by atoms with E-state index in [2.05, 4.69) is 22.6 Å². The zero-order valence-corrected chi connectivity index (χ0v) is 10.1. The Balaban J connectivity index is 1.89. The Kier molecular flexibility index (Phi) is 3.77. The lowest BCUT2D eigenvalue weighted by Crippen LogP contribution is -2.12. The Labute approximate surface area is 101 Å². The number of nitrogens with zero attached hydrogens (tertiary/aromatic N) is 1. The fraction of sp³-hybridized carbons (Fsp3) is 0.308. The standard InChI is InChI=1S/C13H16N2O2/c1-10-7-11(3-4-13(10)16-2)8-14-9-12-5-6-17-15-12/h3-7,14H,8-9H2,1-2H3. The third-order valence-corrected chi connectivity index (χ3v) is 2.59. The second-order valence-corrected chi connectivity index (χ2v) is 3.90. The minimum atomic E-state index is 0.710. The first-order valence-corrected chi connectivity index (χ1v) is 5.53. The predicted octanol–water partition coefficient (Wildman–Crippen LogP) is 2.28. The molecule has 1 N–H and O–H groups in total. The molecule has 1 aromatic heterocycles. The van der Waals surface area contributed by atoms with Crippen molar-refractivity contribution in [2.45, 2.75) is 20.0 Å². The van der Waals surface area contributed by atoms with Crippen LogP contribution in [-0.2, 0) is 13.1 Å². The highest BCUT2D eigenvalue weighted by molar-refractivity contribution is 5.36. The smallest absolute Gasteiger partial charge is 0.124 e. The van der Waals surface area contributed by atoms with Crippen LogP contribution in [0.15, 0.2) is 35.1 Å². The number of hydrogen-bond acceptors (Lipinski definition) is 4. The lowest BCUT2D eigenvalue weighted by Gasteiger charge is -2.07. The van der Waals surface area contributed by atoms with Gasteiger partial charge in [0.05, 0.1) is 12.8 Å². The van der Waals surface area contributed by atoms with E-state index in [0.29, 0.717) is 6.54 Å². The number of benzene rings is 1. The normalized spacial score (nSPS) is 10.5. The highest BCUT2D eigenvalue weighted by atomic mass is 16.5. The second-order valence-electron chi connectivity index (χ2n) is 3.90. The Hall–Kier alpha value is -1.81. The fourth-order valence-corrected chi connectivity index (χ4v) is 1.71. The van der Waals surface area contributed by atoms with Gasteiger partial charge in [-0.05, 0) is 24.1 Å². The van der Waals surface area contributed by atoms with Crippen molar-refractivity contribution in [1.29, 1.82) is 0 Å². The monoisotopic (exact) mass is 232 g/mol. The molecular formula is C13H16N2O2. The molecule has 0 fully saturated rings. The summed E-state index contributed by atoms with van der Waals surface area (Å²) < 4.78 is 9.98. The van der Waals surface area contributed by atoms with Crippen molar-refractivity contribution in [3.05, 3.63) is 47.3 Å². The molecule has 0 unspecified atom stereocenters. The second kappa shape index (κ2) is 5.50. The number of aryl methyl sites for hydroxylation is 1. The van der Waals surface area contributed by atoms with Crippen LogP contribution >= 0.6 is 0 Å².